The van der Waals surface area contributed by atoms with Gasteiger partial charge in [0.1, 0.15) is 12.0 Å². The Hall–Kier alpha value is -2.60. The Bertz CT molecular complexity index is 756. The van der Waals surface area contributed by atoms with E-state index in [2.05, 4.69) is 49.7 Å². The van der Waals surface area contributed by atoms with Crippen LogP contribution in [0.5, 0.6) is 0 Å². The van der Waals surface area contributed by atoms with Gasteiger partial charge in [-0.05, 0) is 23.6 Å². The van der Waals surface area contributed by atoms with Gasteiger partial charge in [0, 0.05) is 12.7 Å². The van der Waals surface area contributed by atoms with Crippen molar-refractivity contribution in [2.45, 2.75) is 19.0 Å². The predicted molar refractivity (Wildman–Crippen MR) is 75.1 cm³/mol. The molecule has 2 aromatic heterocycles. The lowest BCUT2D eigenvalue weighted by Gasteiger charge is -2.23. The maximum atomic E-state index is 5.39. The molecule has 0 saturated heterocycles. The van der Waals surface area contributed by atoms with E-state index in [4.69, 9.17) is 4.52 Å². The van der Waals surface area contributed by atoms with Gasteiger partial charge in [-0.2, -0.15) is 4.98 Å². The Balaban J connectivity index is 1.60. The highest BCUT2D eigenvalue weighted by Crippen LogP contribution is 2.25. The second-order valence-corrected chi connectivity index (χ2v) is 4.96. The number of benzene rings is 1. The molecule has 1 atom stereocenters. The maximum Gasteiger partial charge on any atom is 0.244 e. The van der Waals surface area contributed by atoms with Crippen molar-refractivity contribution in [1.29, 1.82) is 0 Å². The van der Waals surface area contributed by atoms with Crippen LogP contribution in [0.15, 0.2) is 47.4 Å². The van der Waals surface area contributed by atoms with Gasteiger partial charge < -0.3 is 9.84 Å². The highest BCUT2D eigenvalue weighted by atomic mass is 16.5. The average molecular weight is 279 g/mol. The van der Waals surface area contributed by atoms with Crippen LogP contribution in [0.3, 0.4) is 0 Å². The van der Waals surface area contributed by atoms with E-state index >= 15 is 0 Å². The summed E-state index contributed by atoms with van der Waals surface area (Å²) >= 11 is 0. The summed E-state index contributed by atoms with van der Waals surface area (Å²) in [4.78, 5) is 12.5. The SMILES string of the molecule is c1ccc2c(c1)CN[C@@H](c1nc(-c3ccncn3)no1)C2. The molecule has 0 amide bonds. The minimum absolute atomic E-state index is 0.0444. The van der Waals surface area contributed by atoms with Crippen molar-refractivity contribution in [3.63, 3.8) is 0 Å². The second kappa shape index (κ2) is 5.06. The molecule has 1 aliphatic heterocycles. The Morgan fingerprint density at radius 2 is 2.05 bits per heavy atom. The Kier molecular flexibility index (Phi) is 2.93. The molecular formula is C15H13N5O. The molecule has 1 N–H and O–H groups in total. The summed E-state index contributed by atoms with van der Waals surface area (Å²) in [5, 5.41) is 7.43. The fourth-order valence-corrected chi connectivity index (χ4v) is 2.53. The van der Waals surface area contributed by atoms with E-state index in [1.807, 2.05) is 0 Å². The third-order valence-electron chi connectivity index (χ3n) is 3.63. The van der Waals surface area contributed by atoms with E-state index in [1.54, 1.807) is 12.3 Å². The number of rotatable bonds is 2. The maximum absolute atomic E-state index is 5.39. The van der Waals surface area contributed by atoms with E-state index < -0.39 is 0 Å². The number of hydrogen-bond donors (Lipinski definition) is 1. The van der Waals surface area contributed by atoms with Crippen molar-refractivity contribution in [2.24, 2.45) is 0 Å². The molecule has 0 saturated carbocycles. The summed E-state index contributed by atoms with van der Waals surface area (Å²) in [6, 6.07) is 10.2. The van der Waals surface area contributed by atoms with Gasteiger partial charge in [-0.1, -0.05) is 29.4 Å². The fraction of sp³-hybridized carbons (Fsp3) is 0.200. The first-order chi connectivity index (χ1) is 10.4. The Morgan fingerprint density at radius 1 is 1.14 bits per heavy atom. The van der Waals surface area contributed by atoms with Crippen LogP contribution in [0.2, 0.25) is 0 Å². The van der Waals surface area contributed by atoms with Crippen molar-refractivity contribution < 1.29 is 4.52 Å². The first-order valence-corrected chi connectivity index (χ1v) is 6.80. The molecule has 3 aromatic rings. The molecule has 0 aliphatic carbocycles. The average Bonchev–Trinajstić information content (AvgIpc) is 3.05. The van der Waals surface area contributed by atoms with Crippen LogP contribution < -0.4 is 5.32 Å². The largest absolute Gasteiger partial charge is 0.337 e. The summed E-state index contributed by atoms with van der Waals surface area (Å²) in [6.07, 6.45) is 3.98. The van der Waals surface area contributed by atoms with Crippen molar-refractivity contribution in [2.75, 3.05) is 0 Å². The number of nitrogens with one attached hydrogen (secondary N) is 1. The van der Waals surface area contributed by atoms with Crippen LogP contribution in [-0.4, -0.2) is 20.1 Å². The molecule has 1 aliphatic rings. The molecule has 4 rings (SSSR count). The number of aromatic nitrogens is 4. The molecule has 104 valence electrons. The summed E-state index contributed by atoms with van der Waals surface area (Å²) in [7, 11) is 0. The molecule has 6 nitrogen and oxygen atoms in total. The second-order valence-electron chi connectivity index (χ2n) is 4.96. The van der Waals surface area contributed by atoms with Crippen LogP contribution in [0.1, 0.15) is 23.1 Å². The number of nitrogens with zero attached hydrogens (tertiary/aromatic N) is 4. The first kappa shape index (κ1) is 12.2. The lowest BCUT2D eigenvalue weighted by atomic mass is 9.96. The van der Waals surface area contributed by atoms with Gasteiger partial charge in [0.2, 0.25) is 11.7 Å². The van der Waals surface area contributed by atoms with E-state index in [-0.39, 0.29) is 6.04 Å². The zero-order chi connectivity index (χ0) is 14.1. The fourth-order valence-electron chi connectivity index (χ4n) is 2.53. The molecular weight excluding hydrogens is 266 g/mol. The normalized spacial score (nSPS) is 17.4. The van der Waals surface area contributed by atoms with E-state index in [9.17, 15) is 0 Å². The van der Waals surface area contributed by atoms with Gasteiger partial charge >= 0.3 is 0 Å². The third-order valence-corrected chi connectivity index (χ3v) is 3.63. The highest BCUT2D eigenvalue weighted by molar-refractivity contribution is 5.46. The molecule has 0 fully saturated rings. The van der Waals surface area contributed by atoms with Crippen LogP contribution >= 0.6 is 0 Å². The van der Waals surface area contributed by atoms with Gasteiger partial charge in [0.25, 0.3) is 0 Å². The number of hydrogen-bond acceptors (Lipinski definition) is 6. The topological polar surface area (TPSA) is 76.7 Å². The van der Waals surface area contributed by atoms with E-state index in [0.29, 0.717) is 17.4 Å². The summed E-state index contributed by atoms with van der Waals surface area (Å²) < 4.78 is 5.39. The van der Waals surface area contributed by atoms with Crippen LogP contribution in [0.25, 0.3) is 11.5 Å². The number of fused-ring (bicyclic) bond motifs is 1. The van der Waals surface area contributed by atoms with Gasteiger partial charge in [0.05, 0.1) is 6.04 Å². The van der Waals surface area contributed by atoms with Crippen molar-refractivity contribution in [3.8, 4) is 11.5 Å². The van der Waals surface area contributed by atoms with Gasteiger partial charge in [-0.3, -0.25) is 0 Å². The third kappa shape index (κ3) is 2.30. The highest BCUT2D eigenvalue weighted by Gasteiger charge is 2.24. The summed E-state index contributed by atoms with van der Waals surface area (Å²) in [6.45, 7) is 0.812. The first-order valence-electron chi connectivity index (χ1n) is 6.80. The van der Waals surface area contributed by atoms with Crippen LogP contribution in [-0.2, 0) is 13.0 Å². The standard InChI is InChI=1S/C15H13N5O/c1-2-4-11-8-17-13(7-10(11)3-1)15-19-14(20-21-15)12-5-6-16-9-18-12/h1-6,9,13,17H,7-8H2/t13-/m1/s1. The monoisotopic (exact) mass is 279 g/mol. The molecule has 0 spiro atoms. The van der Waals surface area contributed by atoms with E-state index in [0.717, 1.165) is 13.0 Å². The molecule has 21 heavy (non-hydrogen) atoms. The Labute approximate surface area is 121 Å². The van der Waals surface area contributed by atoms with Crippen molar-refractivity contribution in [3.05, 3.63) is 59.9 Å². The molecule has 0 unspecified atom stereocenters. The minimum Gasteiger partial charge on any atom is -0.337 e. The van der Waals surface area contributed by atoms with Crippen molar-refractivity contribution in [1.82, 2.24) is 25.4 Å². The lowest BCUT2D eigenvalue weighted by Crippen LogP contribution is -2.28. The van der Waals surface area contributed by atoms with Crippen molar-refractivity contribution >= 4 is 0 Å². The van der Waals surface area contributed by atoms with Crippen LogP contribution in [0, 0.1) is 0 Å². The van der Waals surface area contributed by atoms with Crippen LogP contribution in [0.4, 0.5) is 0 Å². The Morgan fingerprint density at radius 3 is 2.90 bits per heavy atom. The molecule has 3 heterocycles. The van der Waals surface area contributed by atoms with Gasteiger partial charge in [-0.15, -0.1) is 0 Å². The molecule has 1 aromatic carbocycles. The minimum atomic E-state index is 0.0444. The molecule has 6 heteroatoms. The summed E-state index contributed by atoms with van der Waals surface area (Å²) in [5.74, 6) is 1.09. The zero-order valence-electron chi connectivity index (χ0n) is 11.2. The predicted octanol–water partition coefficient (Wildman–Crippen LogP) is 1.91. The molecule has 0 radical (unpaired) electrons. The lowest BCUT2D eigenvalue weighted by molar-refractivity contribution is 0.321. The quantitative estimate of drug-likeness (QED) is 0.772. The van der Waals surface area contributed by atoms with E-state index in [1.165, 1.54) is 17.5 Å². The van der Waals surface area contributed by atoms with Gasteiger partial charge in [0.15, 0.2) is 0 Å². The van der Waals surface area contributed by atoms with Gasteiger partial charge in [-0.25, -0.2) is 9.97 Å². The zero-order valence-corrected chi connectivity index (χ0v) is 11.2. The smallest absolute Gasteiger partial charge is 0.244 e. The molecule has 0 bridgehead atoms. The summed E-state index contributed by atoms with van der Waals surface area (Å²) in [5.41, 5.74) is 3.31.